The average molecular weight is 443 g/mol. The van der Waals surface area contributed by atoms with E-state index in [9.17, 15) is 8.42 Å². The van der Waals surface area contributed by atoms with Crippen molar-refractivity contribution < 1.29 is 22.6 Å². The van der Waals surface area contributed by atoms with Gasteiger partial charge < -0.3 is 14.2 Å². The van der Waals surface area contributed by atoms with Crippen LogP contribution in [-0.4, -0.2) is 51.1 Å². The number of hydrogen-bond acceptors (Lipinski definition) is 6. The number of ether oxygens (including phenoxy) is 3. The molecule has 0 N–H and O–H groups in total. The van der Waals surface area contributed by atoms with Gasteiger partial charge in [0, 0.05) is 18.8 Å². The molecule has 2 aromatic rings. The minimum atomic E-state index is -3.70. The van der Waals surface area contributed by atoms with Gasteiger partial charge in [-0.05, 0) is 46.6 Å². The molecule has 0 aliphatic carbocycles. The number of aromatic nitrogens is 1. The van der Waals surface area contributed by atoms with Crippen LogP contribution in [-0.2, 0) is 10.0 Å². The molecular weight excluding hydrogens is 424 g/mol. The van der Waals surface area contributed by atoms with Gasteiger partial charge >= 0.3 is 0 Å². The standard InChI is InChI=1S/C17H19BrN2O5S/c1-23-12-5-6-16(15(10-12)24-2)26(21,22)20-9-7-13(11-20)25-17-14(18)4-3-8-19-17/h3-6,8,10,13H,7,9,11H2,1-2H3. The van der Waals surface area contributed by atoms with Crippen molar-refractivity contribution in [3.05, 3.63) is 41.0 Å². The predicted octanol–water partition coefficient (Wildman–Crippen LogP) is 2.70. The lowest BCUT2D eigenvalue weighted by Gasteiger charge is -2.19. The van der Waals surface area contributed by atoms with Crippen LogP contribution in [0.2, 0.25) is 0 Å². The Labute approximate surface area is 161 Å². The number of pyridine rings is 1. The molecule has 1 aromatic heterocycles. The van der Waals surface area contributed by atoms with Gasteiger partial charge in [-0.25, -0.2) is 13.4 Å². The molecule has 1 saturated heterocycles. The summed E-state index contributed by atoms with van der Waals surface area (Å²) in [5.74, 6) is 1.24. The topological polar surface area (TPSA) is 78.0 Å². The van der Waals surface area contributed by atoms with Crippen molar-refractivity contribution in [3.63, 3.8) is 0 Å². The molecule has 26 heavy (non-hydrogen) atoms. The van der Waals surface area contributed by atoms with Crippen molar-refractivity contribution in [1.82, 2.24) is 9.29 Å². The van der Waals surface area contributed by atoms with Crippen molar-refractivity contribution in [2.45, 2.75) is 17.4 Å². The second-order valence-corrected chi connectivity index (χ2v) is 8.46. The Morgan fingerprint density at radius 2 is 2.04 bits per heavy atom. The second kappa shape index (κ2) is 7.81. The zero-order valence-corrected chi connectivity index (χ0v) is 16.8. The van der Waals surface area contributed by atoms with E-state index in [1.807, 2.05) is 6.07 Å². The van der Waals surface area contributed by atoms with E-state index in [4.69, 9.17) is 14.2 Å². The van der Waals surface area contributed by atoms with Gasteiger partial charge in [-0.1, -0.05) is 0 Å². The van der Waals surface area contributed by atoms with Gasteiger partial charge in [-0.2, -0.15) is 4.31 Å². The van der Waals surface area contributed by atoms with Gasteiger partial charge in [-0.3, -0.25) is 0 Å². The summed E-state index contributed by atoms with van der Waals surface area (Å²) in [6, 6.07) is 8.27. The summed E-state index contributed by atoms with van der Waals surface area (Å²) in [4.78, 5) is 4.27. The SMILES string of the molecule is COc1ccc(S(=O)(=O)N2CCC(Oc3ncccc3Br)C2)c(OC)c1. The zero-order valence-electron chi connectivity index (χ0n) is 14.4. The van der Waals surface area contributed by atoms with Crippen LogP contribution >= 0.6 is 15.9 Å². The summed E-state index contributed by atoms with van der Waals surface area (Å²) in [5.41, 5.74) is 0. The van der Waals surface area contributed by atoms with Crippen molar-refractivity contribution >= 4 is 26.0 Å². The molecule has 1 aliphatic rings. The van der Waals surface area contributed by atoms with Crippen LogP contribution in [0.25, 0.3) is 0 Å². The van der Waals surface area contributed by atoms with E-state index in [-0.39, 0.29) is 23.3 Å². The Morgan fingerprint density at radius 1 is 1.23 bits per heavy atom. The molecule has 140 valence electrons. The molecule has 1 aliphatic heterocycles. The molecule has 1 aromatic carbocycles. The molecule has 0 amide bonds. The predicted molar refractivity (Wildman–Crippen MR) is 99.3 cm³/mol. The summed E-state index contributed by atoms with van der Waals surface area (Å²) >= 11 is 3.38. The monoisotopic (exact) mass is 442 g/mol. The van der Waals surface area contributed by atoms with Gasteiger partial charge in [0.25, 0.3) is 0 Å². The minimum Gasteiger partial charge on any atom is -0.497 e. The largest absolute Gasteiger partial charge is 0.497 e. The number of benzene rings is 1. The number of rotatable bonds is 6. The fourth-order valence-electron chi connectivity index (χ4n) is 2.76. The van der Waals surface area contributed by atoms with Crippen LogP contribution in [0.5, 0.6) is 17.4 Å². The smallest absolute Gasteiger partial charge is 0.246 e. The first-order valence-corrected chi connectivity index (χ1v) is 10.2. The molecule has 0 bridgehead atoms. The lowest BCUT2D eigenvalue weighted by molar-refractivity contribution is 0.205. The lowest BCUT2D eigenvalue weighted by atomic mass is 10.3. The number of hydrogen-bond donors (Lipinski definition) is 0. The van der Waals surface area contributed by atoms with Gasteiger partial charge in [-0.15, -0.1) is 0 Å². The Kier molecular flexibility index (Phi) is 5.69. The summed E-state index contributed by atoms with van der Waals surface area (Å²) < 4.78 is 44.4. The van der Waals surface area contributed by atoms with E-state index in [0.29, 0.717) is 24.6 Å². The highest BCUT2D eigenvalue weighted by Gasteiger charge is 2.35. The second-order valence-electron chi connectivity index (χ2n) is 5.70. The third kappa shape index (κ3) is 3.79. The molecular formula is C17H19BrN2O5S. The van der Waals surface area contributed by atoms with E-state index in [0.717, 1.165) is 4.47 Å². The molecule has 9 heteroatoms. The van der Waals surface area contributed by atoms with Gasteiger partial charge in [0.15, 0.2) is 0 Å². The summed E-state index contributed by atoms with van der Waals surface area (Å²) in [6.07, 6.45) is 1.95. The van der Waals surface area contributed by atoms with Gasteiger partial charge in [0.05, 0.1) is 25.2 Å². The Hall–Kier alpha value is -1.84. The fraction of sp³-hybridized carbons (Fsp3) is 0.353. The van der Waals surface area contributed by atoms with Crippen molar-refractivity contribution in [2.24, 2.45) is 0 Å². The van der Waals surface area contributed by atoms with Crippen molar-refractivity contribution in [1.29, 1.82) is 0 Å². The highest BCUT2D eigenvalue weighted by molar-refractivity contribution is 9.10. The third-order valence-electron chi connectivity index (χ3n) is 4.10. The summed E-state index contributed by atoms with van der Waals surface area (Å²) in [6.45, 7) is 0.618. The Morgan fingerprint density at radius 3 is 2.73 bits per heavy atom. The van der Waals surface area contributed by atoms with Gasteiger partial charge in [0.2, 0.25) is 15.9 Å². The molecule has 1 atom stereocenters. The maximum Gasteiger partial charge on any atom is 0.246 e. The van der Waals surface area contributed by atoms with E-state index >= 15 is 0 Å². The zero-order chi connectivity index (χ0) is 18.7. The highest BCUT2D eigenvalue weighted by Crippen LogP contribution is 2.33. The first-order valence-electron chi connectivity index (χ1n) is 7.95. The van der Waals surface area contributed by atoms with Crippen LogP contribution in [0.3, 0.4) is 0 Å². The maximum atomic E-state index is 13.0. The Balaban J connectivity index is 1.78. The number of methoxy groups -OCH3 is 2. The number of halogens is 1. The number of nitrogens with zero attached hydrogens (tertiary/aromatic N) is 2. The quantitative estimate of drug-likeness (QED) is 0.684. The summed E-state index contributed by atoms with van der Waals surface area (Å²) in [7, 11) is -0.753. The molecule has 2 heterocycles. The molecule has 0 saturated carbocycles. The maximum absolute atomic E-state index is 13.0. The lowest BCUT2D eigenvalue weighted by Crippen LogP contribution is -2.31. The minimum absolute atomic E-state index is 0.112. The molecule has 0 radical (unpaired) electrons. The van der Waals surface area contributed by atoms with Gasteiger partial charge in [0.1, 0.15) is 22.5 Å². The van der Waals surface area contributed by atoms with E-state index in [1.165, 1.54) is 24.6 Å². The van der Waals surface area contributed by atoms with Crippen LogP contribution in [0.4, 0.5) is 0 Å². The van der Waals surface area contributed by atoms with E-state index in [1.54, 1.807) is 24.4 Å². The Bertz CT molecular complexity index is 890. The van der Waals surface area contributed by atoms with Crippen LogP contribution in [0, 0.1) is 0 Å². The molecule has 3 rings (SSSR count). The normalized spacial score (nSPS) is 17.9. The fourth-order valence-corrected chi connectivity index (χ4v) is 4.73. The van der Waals surface area contributed by atoms with Crippen molar-refractivity contribution in [2.75, 3.05) is 27.3 Å². The molecule has 1 unspecified atom stereocenters. The van der Waals surface area contributed by atoms with Crippen LogP contribution < -0.4 is 14.2 Å². The van der Waals surface area contributed by atoms with Crippen LogP contribution in [0.15, 0.2) is 45.9 Å². The molecule has 0 spiro atoms. The highest BCUT2D eigenvalue weighted by atomic mass is 79.9. The van der Waals surface area contributed by atoms with E-state index < -0.39 is 10.0 Å². The first-order chi connectivity index (χ1) is 12.5. The molecule has 7 nitrogen and oxygen atoms in total. The molecule has 1 fully saturated rings. The third-order valence-corrected chi connectivity index (χ3v) is 6.61. The summed E-state index contributed by atoms with van der Waals surface area (Å²) in [5, 5.41) is 0. The first kappa shape index (κ1) is 18.9. The van der Waals surface area contributed by atoms with Crippen molar-refractivity contribution in [3.8, 4) is 17.4 Å². The van der Waals surface area contributed by atoms with E-state index in [2.05, 4.69) is 20.9 Å². The number of sulfonamides is 1. The van der Waals surface area contributed by atoms with Crippen LogP contribution in [0.1, 0.15) is 6.42 Å². The average Bonchev–Trinajstić information content (AvgIpc) is 3.12.